The smallest absolute Gasteiger partial charge is 0.413 e. The number of aliphatic hydroxyl groups is 2. The minimum absolute atomic E-state index is 0. The molecule has 115 heavy (non-hydrogen) atoms. The zero-order valence-electron chi connectivity index (χ0n) is 66.3. The highest BCUT2D eigenvalue weighted by Crippen LogP contribution is 2.45. The number of ether oxygens (including phenoxy) is 10. The van der Waals surface area contributed by atoms with Gasteiger partial charge in [-0.1, -0.05) is 132 Å². The van der Waals surface area contributed by atoms with E-state index in [1.54, 1.807) is 81.4 Å². The van der Waals surface area contributed by atoms with E-state index in [2.05, 4.69) is 15.7 Å². The largest absolute Gasteiger partial charge is 0.481 e. The number of para-hydroxylation sites is 2. The van der Waals surface area contributed by atoms with Crippen LogP contribution >= 0.6 is 27.5 Å². The SMILES string of the molecule is CC(C)CN(C[C@@H](O)[C@H](Cc1ccccc1)NC(=O)O[C@H]1CO[C@H]2OCC[C@H]21)S(=O)(=O)c1ccc(OCP(=O)(N[C@@H](C)C(=O)OC(C)C)Oc2ccccc2)cc1.CC(C)CN(C[C@@H](O)[C@H](Cc1ccccc1)NC(=O)O[C@H]1CO[C@H]2OCC[C@H]21)S(=O)(=O)c1ccc(OCP(=O)(O)Oc2ccccc2)cc1.CCC(=O)OC(C)C.Cl.[HH]. The number of amides is 2. The lowest BCUT2D eigenvalue weighted by molar-refractivity contribution is -0.149. The number of benzene rings is 6. The lowest BCUT2D eigenvalue weighted by atomic mass is 10.0. The van der Waals surface area contributed by atoms with Gasteiger partial charge in [0.2, 0.25) is 20.0 Å². The van der Waals surface area contributed by atoms with E-state index in [0.29, 0.717) is 32.5 Å². The van der Waals surface area contributed by atoms with E-state index in [0.717, 1.165) is 11.1 Å². The van der Waals surface area contributed by atoms with Gasteiger partial charge in [0.25, 0.3) is 0 Å². The lowest BCUT2D eigenvalue weighted by Crippen LogP contribution is -2.51. The Hall–Kier alpha value is -7.75. The summed E-state index contributed by atoms with van der Waals surface area (Å²) in [6.45, 7) is 18.8. The Balaban J connectivity index is 0.000000327. The molecule has 2 unspecified atom stereocenters. The molecule has 4 aliphatic rings. The molecule has 4 heterocycles. The number of alkyl carbamates (subject to hydrolysis) is 2. The number of esters is 2. The van der Waals surface area contributed by atoms with Crippen LogP contribution in [-0.2, 0) is 89.5 Å². The van der Waals surface area contributed by atoms with Gasteiger partial charge in [-0.3, -0.25) is 14.2 Å². The molecule has 30 nitrogen and oxygen atoms in total. The highest BCUT2D eigenvalue weighted by molar-refractivity contribution is 7.89. The quantitative estimate of drug-likeness (QED) is 0.0119. The van der Waals surface area contributed by atoms with Crippen molar-refractivity contribution in [2.24, 2.45) is 23.7 Å². The number of sulfonamides is 2. The number of carbonyl (C=O) groups is 4. The molecule has 4 fully saturated rings. The van der Waals surface area contributed by atoms with Crippen LogP contribution in [0.1, 0.15) is 101 Å². The van der Waals surface area contributed by atoms with Crippen LogP contribution in [-0.4, -0.2) is 197 Å². The molecule has 4 saturated heterocycles. The van der Waals surface area contributed by atoms with Crippen molar-refractivity contribution in [2.45, 2.75) is 178 Å². The van der Waals surface area contributed by atoms with Gasteiger partial charge in [0, 0.05) is 34.0 Å². The van der Waals surface area contributed by atoms with Crippen molar-refractivity contribution in [2.75, 3.05) is 65.3 Å². The molecule has 0 radical (unpaired) electrons. The van der Waals surface area contributed by atoms with Crippen molar-refractivity contribution in [3.63, 3.8) is 0 Å². The molecular formula is C80H112ClN5O25P2S2. The third-order valence-corrected chi connectivity index (χ3v) is 24.4. The van der Waals surface area contributed by atoms with Gasteiger partial charge in [-0.15, -0.1) is 12.4 Å². The summed E-state index contributed by atoms with van der Waals surface area (Å²) in [7, 11) is -16.4. The molecule has 35 heteroatoms. The lowest BCUT2D eigenvalue weighted by Gasteiger charge is -2.31. The van der Waals surface area contributed by atoms with Gasteiger partial charge in [0.05, 0.1) is 84.6 Å². The second-order valence-electron chi connectivity index (χ2n) is 29.2. The Kier molecular flexibility index (Phi) is 37.2. The first-order chi connectivity index (χ1) is 54.2. The first-order valence-electron chi connectivity index (χ1n) is 38.1. The molecule has 0 aliphatic carbocycles. The molecule has 4 aliphatic heterocycles. The summed E-state index contributed by atoms with van der Waals surface area (Å²) in [5.74, 6) is -0.252. The van der Waals surface area contributed by atoms with Crippen LogP contribution in [0.15, 0.2) is 180 Å². The van der Waals surface area contributed by atoms with Gasteiger partial charge < -0.3 is 82.2 Å². The number of nitrogens with one attached hydrogen (secondary N) is 3. The molecule has 0 bridgehead atoms. The second kappa shape index (κ2) is 45.3. The fourth-order valence-corrected chi connectivity index (χ4v) is 18.3. The van der Waals surface area contributed by atoms with Crippen LogP contribution in [0.4, 0.5) is 9.59 Å². The predicted molar refractivity (Wildman–Crippen MR) is 432 cm³/mol. The molecule has 2 amide bonds. The van der Waals surface area contributed by atoms with Crippen molar-refractivity contribution in [1.29, 1.82) is 0 Å². The van der Waals surface area contributed by atoms with E-state index < -0.39 is 121 Å². The van der Waals surface area contributed by atoms with E-state index >= 15 is 0 Å². The van der Waals surface area contributed by atoms with Crippen LogP contribution in [0.2, 0.25) is 0 Å². The number of halogens is 1. The van der Waals surface area contributed by atoms with Crippen molar-refractivity contribution in [1.82, 2.24) is 24.3 Å². The monoisotopic (exact) mass is 1700 g/mol. The van der Waals surface area contributed by atoms with Crippen LogP contribution in [0.5, 0.6) is 23.0 Å². The minimum atomic E-state index is -4.19. The summed E-state index contributed by atoms with van der Waals surface area (Å²) in [4.78, 5) is 59.3. The van der Waals surface area contributed by atoms with E-state index in [1.807, 2.05) is 102 Å². The third-order valence-electron chi connectivity index (χ3n) is 18.0. The van der Waals surface area contributed by atoms with Crippen molar-refractivity contribution < 1.29 is 118 Å². The first-order valence-corrected chi connectivity index (χ1v) is 44.5. The molecule has 636 valence electrons. The molecule has 6 aromatic rings. The maximum Gasteiger partial charge on any atom is 0.413 e. The van der Waals surface area contributed by atoms with E-state index in [9.17, 15) is 60.3 Å². The Morgan fingerprint density at radius 1 is 0.513 bits per heavy atom. The van der Waals surface area contributed by atoms with Crippen molar-refractivity contribution in [3.05, 3.63) is 181 Å². The summed E-state index contributed by atoms with van der Waals surface area (Å²) < 4.78 is 151. The number of hydrogen-bond acceptors (Lipinski definition) is 24. The molecule has 0 saturated carbocycles. The topological polar surface area (TPSA) is 385 Å². The highest BCUT2D eigenvalue weighted by atomic mass is 35.5. The van der Waals surface area contributed by atoms with Crippen LogP contribution < -0.4 is 34.2 Å². The minimum Gasteiger partial charge on any atom is -0.481 e. The number of rotatable bonds is 38. The summed E-state index contributed by atoms with van der Waals surface area (Å²) in [5, 5.41) is 31.5. The fourth-order valence-electron chi connectivity index (χ4n) is 12.5. The fraction of sp³-hybridized carbons (Fsp3) is 0.500. The van der Waals surface area contributed by atoms with E-state index in [-0.39, 0.29) is 141 Å². The van der Waals surface area contributed by atoms with Gasteiger partial charge in [0.15, 0.2) is 25.3 Å². The molecule has 10 rings (SSSR count). The Labute approximate surface area is 681 Å². The van der Waals surface area contributed by atoms with Crippen LogP contribution in [0.3, 0.4) is 0 Å². The number of nitrogens with zero attached hydrogens (tertiary/aromatic N) is 2. The average molecular weight is 1710 g/mol. The van der Waals surface area contributed by atoms with E-state index in [4.69, 9.17) is 56.4 Å². The Morgan fingerprint density at radius 3 is 1.27 bits per heavy atom. The van der Waals surface area contributed by atoms with Gasteiger partial charge >= 0.3 is 39.2 Å². The highest BCUT2D eigenvalue weighted by Gasteiger charge is 2.46. The Morgan fingerprint density at radius 2 is 0.896 bits per heavy atom. The number of fused-ring (bicyclic) bond motifs is 2. The number of aliphatic hydroxyl groups excluding tert-OH is 2. The van der Waals surface area contributed by atoms with Gasteiger partial charge in [-0.2, -0.15) is 8.61 Å². The zero-order valence-corrected chi connectivity index (χ0v) is 70.5. The second-order valence-corrected chi connectivity index (χ2v) is 36.9. The van der Waals surface area contributed by atoms with Crippen molar-refractivity contribution in [3.8, 4) is 23.0 Å². The maximum absolute atomic E-state index is 14.2. The third kappa shape index (κ3) is 30.3. The molecule has 0 spiro atoms. The Bertz CT molecular complexity index is 4320. The summed E-state index contributed by atoms with van der Waals surface area (Å²) in [6, 6.07) is 43.2. The predicted octanol–water partition coefficient (Wildman–Crippen LogP) is 11.7. The standard InChI is InChI=1S/C40H54N3O12PS.C34H43N2O11PS.C6H12O2.ClH.H2/c1-27(2)23-43(24-36(44)35(22-30-12-8-6-9-13-30)41-40(46)54-37-25-51-39-34(37)20-21-50-39)57(48,49)33-18-16-31(17-19-33)52-26-56(47,55-32-14-10-7-11-15-32)42-29(5)38(45)53-28(3)4;1-24(2)20-36(49(41,42)28-15-13-26(14-16-28)45-23-48(39,40)47-27-11-7-4-8-12-27)21-31(37)30(19-25-9-5-3-6-10-25)35-34(38)46-32-22-44-33-29(32)17-18-43-33;1-4-6(7)8-5(2)3;;/h6-19,27-29,34-37,39,44H,20-26H2,1-5H3,(H,41,46)(H,42,47);3-16,24,29-33,37H,17-23H2,1-2H3,(H,35,38)(H,39,40);5H,4H2,1-3H3;2*1H/t29-,34-,35-,36+,37-,39+,56?;29-,30-,31+,32-,33+;;;/m00.../s1. The maximum atomic E-state index is 14.2. The normalized spacial score (nSPS) is 20.1. The van der Waals surface area contributed by atoms with Crippen molar-refractivity contribution >= 4 is 71.7 Å². The molecule has 6 aromatic carbocycles. The summed E-state index contributed by atoms with van der Waals surface area (Å²) >= 11 is 0. The van der Waals surface area contributed by atoms with Gasteiger partial charge in [0.1, 0.15) is 41.2 Å². The molecule has 0 aromatic heterocycles. The average Bonchev–Trinajstić information content (AvgIpc) is 1.22. The molecule has 13 atom stereocenters. The van der Waals surface area contributed by atoms with E-state index in [1.165, 1.54) is 64.1 Å². The zero-order chi connectivity index (χ0) is 82.8. The van der Waals surface area contributed by atoms with Gasteiger partial charge in [-0.05, 0) is 156 Å². The molecule has 6 N–H and O–H groups in total. The van der Waals surface area contributed by atoms with Gasteiger partial charge in [-0.25, -0.2) is 36.1 Å². The van der Waals surface area contributed by atoms with Crippen LogP contribution in [0.25, 0.3) is 0 Å². The summed E-state index contributed by atoms with van der Waals surface area (Å²) in [6.07, 6.45) is -5.14. The number of hydrogen-bond donors (Lipinski definition) is 6. The molecular weight excluding hydrogens is 1590 g/mol. The van der Waals surface area contributed by atoms with Crippen LogP contribution in [0, 0.1) is 23.7 Å². The summed E-state index contributed by atoms with van der Waals surface area (Å²) in [5.41, 5.74) is 1.65. The number of carbonyl (C=O) groups excluding carboxylic acids is 4. The first kappa shape index (κ1) is 94.4.